The van der Waals surface area contributed by atoms with E-state index in [9.17, 15) is 0 Å². The highest BCUT2D eigenvalue weighted by Gasteiger charge is 2.03. The summed E-state index contributed by atoms with van der Waals surface area (Å²) in [6, 6.07) is 9.72. The van der Waals surface area contributed by atoms with Crippen LogP contribution in [0.2, 0.25) is 0 Å². The van der Waals surface area contributed by atoms with Crippen molar-refractivity contribution in [3.05, 3.63) is 42.7 Å². The van der Waals surface area contributed by atoms with Crippen LogP contribution >= 0.6 is 0 Å². The number of rotatable bonds is 4. The second-order valence-corrected chi connectivity index (χ2v) is 3.85. The first-order chi connectivity index (χ1) is 8.31. The minimum absolute atomic E-state index is 0.704. The van der Waals surface area contributed by atoms with Crippen LogP contribution < -0.4 is 10.5 Å². The van der Waals surface area contributed by atoms with Gasteiger partial charge in [-0.25, -0.2) is 0 Å². The largest absolute Gasteiger partial charge is 0.492 e. The van der Waals surface area contributed by atoms with E-state index in [0.29, 0.717) is 6.61 Å². The number of nitrogen functional groups attached to an aromatic ring is 1. The molecule has 2 N–H and O–H groups in total. The van der Waals surface area contributed by atoms with Crippen LogP contribution in [0, 0.1) is 0 Å². The third-order valence-electron chi connectivity index (χ3n) is 2.46. The van der Waals surface area contributed by atoms with Crippen molar-refractivity contribution < 1.29 is 4.74 Å². The molecule has 0 fully saturated rings. The number of hydrogen-bond acceptors (Lipinski definition) is 3. The molecule has 17 heavy (non-hydrogen) atoms. The molecule has 0 unspecified atom stereocenters. The van der Waals surface area contributed by atoms with Crippen LogP contribution in [0.3, 0.4) is 0 Å². The Bertz CT molecular complexity index is 497. The van der Waals surface area contributed by atoms with Gasteiger partial charge in [0.2, 0.25) is 0 Å². The minimum atomic E-state index is 0.704. The molecule has 0 saturated heterocycles. The van der Waals surface area contributed by atoms with E-state index in [4.69, 9.17) is 10.5 Å². The van der Waals surface area contributed by atoms with Gasteiger partial charge in [0.25, 0.3) is 0 Å². The third kappa shape index (κ3) is 2.75. The molecule has 0 aliphatic rings. The van der Waals surface area contributed by atoms with Crippen LogP contribution in [0.5, 0.6) is 5.75 Å². The lowest BCUT2D eigenvalue weighted by molar-refractivity contribution is 0.316. The summed E-state index contributed by atoms with van der Waals surface area (Å²) in [5, 5.41) is 0. The summed E-state index contributed by atoms with van der Waals surface area (Å²) in [7, 11) is 0. The normalized spacial score (nSPS) is 10.2. The Morgan fingerprint density at radius 1 is 1.24 bits per heavy atom. The van der Waals surface area contributed by atoms with E-state index >= 15 is 0 Å². The van der Waals surface area contributed by atoms with E-state index in [1.165, 1.54) is 0 Å². The minimum Gasteiger partial charge on any atom is -0.492 e. The molecule has 0 spiro atoms. The fraction of sp³-hybridized carbons (Fsp3) is 0.214. The molecule has 2 rings (SSSR count). The number of nitrogens with zero attached hydrogens (tertiary/aromatic N) is 1. The number of nitrogens with two attached hydrogens (primary N) is 1. The van der Waals surface area contributed by atoms with Gasteiger partial charge in [0.15, 0.2) is 0 Å². The number of para-hydroxylation sites is 1. The van der Waals surface area contributed by atoms with Gasteiger partial charge in [0.1, 0.15) is 5.75 Å². The van der Waals surface area contributed by atoms with Gasteiger partial charge >= 0.3 is 0 Å². The standard InChI is InChI=1S/C14H16N2O/c1-2-7-17-12-8-11(9-16-10-12)13-5-3-4-6-14(13)15/h3-6,8-10H,2,7,15H2,1H3. The zero-order valence-electron chi connectivity index (χ0n) is 9.89. The molecule has 1 aromatic heterocycles. The predicted octanol–water partition coefficient (Wildman–Crippen LogP) is 3.12. The van der Waals surface area contributed by atoms with E-state index in [2.05, 4.69) is 11.9 Å². The highest BCUT2D eigenvalue weighted by Crippen LogP contribution is 2.27. The molecule has 88 valence electrons. The maximum absolute atomic E-state index is 5.93. The monoisotopic (exact) mass is 228 g/mol. The maximum atomic E-state index is 5.93. The van der Waals surface area contributed by atoms with E-state index in [1.54, 1.807) is 12.4 Å². The average Bonchev–Trinajstić information content (AvgIpc) is 2.37. The number of hydrogen-bond donors (Lipinski definition) is 1. The second-order valence-electron chi connectivity index (χ2n) is 3.85. The summed E-state index contributed by atoms with van der Waals surface area (Å²) < 4.78 is 5.55. The number of benzene rings is 1. The lowest BCUT2D eigenvalue weighted by Gasteiger charge is -2.08. The Morgan fingerprint density at radius 3 is 2.82 bits per heavy atom. The first kappa shape index (κ1) is 11.5. The van der Waals surface area contributed by atoms with Crippen LogP contribution in [0.4, 0.5) is 5.69 Å². The number of pyridine rings is 1. The lowest BCUT2D eigenvalue weighted by atomic mass is 10.1. The molecule has 0 aliphatic carbocycles. The first-order valence-electron chi connectivity index (χ1n) is 5.74. The highest BCUT2D eigenvalue weighted by atomic mass is 16.5. The molecule has 0 amide bonds. The van der Waals surface area contributed by atoms with Crippen molar-refractivity contribution in [3.63, 3.8) is 0 Å². The van der Waals surface area contributed by atoms with Gasteiger partial charge in [0.05, 0.1) is 12.8 Å². The molecule has 0 atom stereocenters. The molecule has 1 aromatic carbocycles. The van der Waals surface area contributed by atoms with Crippen molar-refractivity contribution in [3.8, 4) is 16.9 Å². The fourth-order valence-corrected chi connectivity index (χ4v) is 1.62. The van der Waals surface area contributed by atoms with Crippen molar-refractivity contribution in [1.29, 1.82) is 0 Å². The number of anilines is 1. The molecule has 0 saturated carbocycles. The smallest absolute Gasteiger partial charge is 0.138 e. The van der Waals surface area contributed by atoms with Crippen molar-refractivity contribution >= 4 is 5.69 Å². The summed E-state index contributed by atoms with van der Waals surface area (Å²) in [6.07, 6.45) is 4.50. The second kappa shape index (κ2) is 5.34. The van der Waals surface area contributed by atoms with Crippen molar-refractivity contribution in [2.24, 2.45) is 0 Å². The summed E-state index contributed by atoms with van der Waals surface area (Å²) in [4.78, 5) is 4.17. The molecule has 2 aromatic rings. The van der Waals surface area contributed by atoms with E-state index in [-0.39, 0.29) is 0 Å². The van der Waals surface area contributed by atoms with Crippen LogP contribution in [0.1, 0.15) is 13.3 Å². The van der Waals surface area contributed by atoms with Crippen molar-refractivity contribution in [2.45, 2.75) is 13.3 Å². The Morgan fingerprint density at radius 2 is 2.06 bits per heavy atom. The highest BCUT2D eigenvalue weighted by molar-refractivity contribution is 5.76. The van der Waals surface area contributed by atoms with Gasteiger partial charge in [0, 0.05) is 23.0 Å². The molecule has 0 bridgehead atoms. The SMILES string of the molecule is CCCOc1cncc(-c2ccccc2N)c1. The topological polar surface area (TPSA) is 48.1 Å². The Hall–Kier alpha value is -2.03. The quantitative estimate of drug-likeness (QED) is 0.818. The predicted molar refractivity (Wildman–Crippen MR) is 69.9 cm³/mol. The van der Waals surface area contributed by atoms with E-state index in [0.717, 1.165) is 29.0 Å². The number of ether oxygens (including phenoxy) is 1. The van der Waals surface area contributed by atoms with Gasteiger partial charge in [-0.3, -0.25) is 4.98 Å². The number of aromatic nitrogens is 1. The maximum Gasteiger partial charge on any atom is 0.138 e. The first-order valence-corrected chi connectivity index (χ1v) is 5.74. The molecule has 3 nitrogen and oxygen atoms in total. The Labute approximate surface area is 101 Å². The van der Waals surface area contributed by atoms with Gasteiger partial charge in [-0.05, 0) is 18.6 Å². The molecule has 3 heteroatoms. The van der Waals surface area contributed by atoms with Crippen LogP contribution in [0.15, 0.2) is 42.7 Å². The van der Waals surface area contributed by atoms with Gasteiger partial charge in [-0.2, -0.15) is 0 Å². The molecule has 0 radical (unpaired) electrons. The van der Waals surface area contributed by atoms with Gasteiger partial charge in [-0.15, -0.1) is 0 Å². The Balaban J connectivity index is 2.30. The summed E-state index contributed by atoms with van der Waals surface area (Å²) in [6.45, 7) is 2.78. The Kier molecular flexibility index (Phi) is 3.60. The fourth-order valence-electron chi connectivity index (χ4n) is 1.62. The lowest BCUT2D eigenvalue weighted by Crippen LogP contribution is -1.96. The molecule has 1 heterocycles. The molecular formula is C14H16N2O. The molecular weight excluding hydrogens is 212 g/mol. The van der Waals surface area contributed by atoms with E-state index in [1.807, 2.05) is 30.3 Å². The van der Waals surface area contributed by atoms with Crippen LogP contribution in [-0.2, 0) is 0 Å². The average molecular weight is 228 g/mol. The van der Waals surface area contributed by atoms with Crippen LogP contribution in [0.25, 0.3) is 11.1 Å². The molecule has 0 aliphatic heterocycles. The van der Waals surface area contributed by atoms with Crippen molar-refractivity contribution in [2.75, 3.05) is 12.3 Å². The summed E-state index contributed by atoms with van der Waals surface area (Å²) in [5.74, 6) is 0.785. The third-order valence-corrected chi connectivity index (χ3v) is 2.46. The zero-order valence-corrected chi connectivity index (χ0v) is 9.89. The van der Waals surface area contributed by atoms with Crippen molar-refractivity contribution in [1.82, 2.24) is 4.98 Å². The van der Waals surface area contributed by atoms with Crippen LogP contribution in [-0.4, -0.2) is 11.6 Å². The summed E-state index contributed by atoms with van der Waals surface area (Å²) >= 11 is 0. The van der Waals surface area contributed by atoms with Gasteiger partial charge < -0.3 is 10.5 Å². The summed E-state index contributed by atoms with van der Waals surface area (Å²) in [5.41, 5.74) is 8.66. The zero-order chi connectivity index (χ0) is 12.1. The van der Waals surface area contributed by atoms with E-state index < -0.39 is 0 Å². The van der Waals surface area contributed by atoms with Gasteiger partial charge in [-0.1, -0.05) is 25.1 Å².